The lowest BCUT2D eigenvalue weighted by Gasteiger charge is -2.21. The van der Waals surface area contributed by atoms with Gasteiger partial charge in [-0.25, -0.2) is 9.13 Å². The van der Waals surface area contributed by atoms with E-state index in [4.69, 9.17) is 37.0 Å². The molecular formula is C81H140O17P2. The average Bonchev–Trinajstić information content (AvgIpc) is 0.935. The molecule has 2 unspecified atom stereocenters. The van der Waals surface area contributed by atoms with Crippen LogP contribution in [0, 0.1) is 0 Å². The zero-order valence-corrected chi connectivity index (χ0v) is 64.6. The topological polar surface area (TPSA) is 237 Å². The van der Waals surface area contributed by atoms with Gasteiger partial charge >= 0.3 is 39.5 Å². The van der Waals surface area contributed by atoms with Gasteiger partial charge in [0.15, 0.2) is 12.2 Å². The summed E-state index contributed by atoms with van der Waals surface area (Å²) >= 11 is 0. The van der Waals surface area contributed by atoms with Crippen molar-refractivity contribution >= 4 is 39.5 Å². The number of carbonyl (C=O) groups is 4. The number of phosphoric ester groups is 2. The average molecular weight is 1450 g/mol. The fourth-order valence-electron chi connectivity index (χ4n) is 10.2. The van der Waals surface area contributed by atoms with Gasteiger partial charge in [-0.05, 0) is 141 Å². The fraction of sp³-hybridized carbons (Fsp3) is 0.728. The number of rotatable bonds is 73. The first kappa shape index (κ1) is 95.7. The van der Waals surface area contributed by atoms with E-state index in [1.54, 1.807) is 0 Å². The highest BCUT2D eigenvalue weighted by Crippen LogP contribution is 2.45. The third kappa shape index (κ3) is 72.1. The van der Waals surface area contributed by atoms with Gasteiger partial charge in [-0.1, -0.05) is 265 Å². The van der Waals surface area contributed by atoms with E-state index in [1.807, 2.05) is 18.2 Å². The first-order valence-electron chi connectivity index (χ1n) is 39.1. The van der Waals surface area contributed by atoms with Gasteiger partial charge in [-0.15, -0.1) is 0 Å². The Hall–Kier alpha value is -4.28. The molecule has 0 spiro atoms. The molecule has 0 radical (unpaired) electrons. The van der Waals surface area contributed by atoms with E-state index >= 15 is 0 Å². The first-order valence-corrected chi connectivity index (χ1v) is 42.1. The monoisotopic (exact) mass is 1450 g/mol. The maximum absolute atomic E-state index is 13.1. The molecule has 17 nitrogen and oxygen atoms in total. The third-order valence-electron chi connectivity index (χ3n) is 16.2. The second kappa shape index (κ2) is 73.0. The van der Waals surface area contributed by atoms with Crippen molar-refractivity contribution in [3.63, 3.8) is 0 Å². The number of aliphatic hydroxyl groups excluding tert-OH is 1. The molecule has 0 bridgehead atoms. The number of phosphoric acid groups is 2. The normalized spacial score (nSPS) is 14.5. The predicted molar refractivity (Wildman–Crippen MR) is 408 cm³/mol. The summed E-state index contributed by atoms with van der Waals surface area (Å²) in [6.45, 7) is 4.63. The van der Waals surface area contributed by atoms with Crippen molar-refractivity contribution < 1.29 is 80.2 Å². The number of aliphatic hydroxyl groups is 1. The minimum absolute atomic E-state index is 0.0336. The van der Waals surface area contributed by atoms with Crippen molar-refractivity contribution in [2.45, 2.75) is 341 Å². The summed E-state index contributed by atoms with van der Waals surface area (Å²) < 4.78 is 68.4. The van der Waals surface area contributed by atoms with Crippen LogP contribution in [0.3, 0.4) is 0 Å². The van der Waals surface area contributed by atoms with Crippen molar-refractivity contribution in [2.24, 2.45) is 0 Å². The molecule has 0 aromatic heterocycles. The van der Waals surface area contributed by atoms with Gasteiger partial charge in [0.2, 0.25) is 0 Å². The molecule has 0 saturated carbocycles. The minimum Gasteiger partial charge on any atom is -0.462 e. The van der Waals surface area contributed by atoms with Crippen LogP contribution in [-0.2, 0) is 65.4 Å². The number of unbranched alkanes of at least 4 members (excludes halogenated alkanes) is 29. The van der Waals surface area contributed by atoms with E-state index < -0.39 is 97.5 Å². The Morgan fingerprint density at radius 2 is 0.540 bits per heavy atom. The highest BCUT2D eigenvalue weighted by molar-refractivity contribution is 7.47. The Labute approximate surface area is 607 Å². The molecule has 0 heterocycles. The van der Waals surface area contributed by atoms with E-state index in [0.717, 1.165) is 148 Å². The Balaban J connectivity index is 5.40. The molecule has 100 heavy (non-hydrogen) atoms. The van der Waals surface area contributed by atoms with Crippen LogP contribution < -0.4 is 0 Å². The highest BCUT2D eigenvalue weighted by Gasteiger charge is 2.30. The van der Waals surface area contributed by atoms with E-state index in [2.05, 4.69) is 119 Å². The summed E-state index contributed by atoms with van der Waals surface area (Å²) in [6, 6.07) is 0. The van der Waals surface area contributed by atoms with E-state index in [1.165, 1.54) is 89.9 Å². The van der Waals surface area contributed by atoms with Gasteiger partial charge in [0.25, 0.3) is 0 Å². The lowest BCUT2D eigenvalue weighted by molar-refractivity contribution is -0.161. The lowest BCUT2D eigenvalue weighted by atomic mass is 10.1. The summed E-state index contributed by atoms with van der Waals surface area (Å²) in [5, 5.41) is 10.6. The van der Waals surface area contributed by atoms with Crippen LogP contribution in [-0.4, -0.2) is 96.7 Å². The quantitative estimate of drug-likeness (QED) is 0.0169. The molecule has 0 saturated heterocycles. The molecule has 0 amide bonds. The van der Waals surface area contributed by atoms with Crippen LogP contribution in [0.1, 0.15) is 323 Å². The Kier molecular flexibility index (Phi) is 69.9. The zero-order chi connectivity index (χ0) is 73.2. The van der Waals surface area contributed by atoms with Crippen LogP contribution in [0.25, 0.3) is 0 Å². The maximum atomic E-state index is 13.1. The molecule has 3 N–H and O–H groups in total. The summed E-state index contributed by atoms with van der Waals surface area (Å²) in [5.74, 6) is -2.29. The second-order valence-electron chi connectivity index (χ2n) is 25.9. The smallest absolute Gasteiger partial charge is 0.462 e. The largest absolute Gasteiger partial charge is 0.472 e. The molecule has 0 aliphatic heterocycles. The van der Waals surface area contributed by atoms with Crippen molar-refractivity contribution in [1.29, 1.82) is 0 Å². The molecule has 0 rings (SSSR count). The molecule has 0 fully saturated rings. The first-order chi connectivity index (χ1) is 48.7. The number of carbonyl (C=O) groups excluding carboxylic acids is 4. The number of hydrogen-bond donors (Lipinski definition) is 3. The summed E-state index contributed by atoms with van der Waals surface area (Å²) in [5.41, 5.74) is 0. The lowest BCUT2D eigenvalue weighted by Crippen LogP contribution is -2.30. The van der Waals surface area contributed by atoms with Crippen LogP contribution in [0.2, 0.25) is 0 Å². The zero-order valence-electron chi connectivity index (χ0n) is 62.8. The van der Waals surface area contributed by atoms with Gasteiger partial charge < -0.3 is 33.8 Å². The van der Waals surface area contributed by atoms with Crippen LogP contribution in [0.5, 0.6) is 0 Å². The van der Waals surface area contributed by atoms with Crippen LogP contribution in [0.4, 0.5) is 0 Å². The van der Waals surface area contributed by atoms with Crippen molar-refractivity contribution in [1.82, 2.24) is 0 Å². The van der Waals surface area contributed by atoms with Gasteiger partial charge in [-0.3, -0.25) is 37.3 Å². The molecule has 0 aromatic rings. The molecule has 0 aliphatic carbocycles. The molecule has 5 atom stereocenters. The summed E-state index contributed by atoms with van der Waals surface area (Å²) in [7, 11) is -9.97. The molecule has 576 valence electrons. The minimum atomic E-state index is -4.99. The third-order valence-corrected chi connectivity index (χ3v) is 18.1. The standard InChI is InChI=1S/C81H140O17P2/c1-5-9-13-17-21-25-29-33-35-36-37-38-40-44-46-50-54-58-62-66-79(84)92-72-77(98-81(86)68-64-60-56-52-48-42-32-28-24-20-16-12-8-4)74-96-100(89,90)94-70-75(82)69-93-99(87,88)95-73-76(97-80(85)67-63-59-55-51-47-41-31-27-23-19-15-11-7-3)71-91-78(83)65-61-57-53-49-45-43-39-34-30-26-22-18-14-10-6-2/h9,13,21,25,27-28,31-35,37-39,44,46,54,58,75-77,82H,5-8,10-12,14-20,22-24,26,29-30,36,40-43,45,47-53,55-57,59-74H2,1-4H3,(H,87,88)(H,89,90)/b13-9-,25-21-,31-27-,32-28-,35-33-,38-37-,39-34-,46-44-,58-54-/t75-,76+,77+/m0/s1. The SMILES string of the molecule is CC/C=C\C/C=C\C/C=C\C/C=C\C/C=C\C/C=C\CCC(=O)OC[C@H](COP(=O)(O)OC[C@@H](O)COP(=O)(O)OC[C@@H](COC(=O)CCCCCCC/C=C\CCCCCCCC)OC(=O)CCCCCCC/C=C\CCCCCC)OC(=O)CCCCCCC/C=C\CCCCCC. The number of ether oxygens (including phenoxy) is 4. The van der Waals surface area contributed by atoms with Crippen LogP contribution in [0.15, 0.2) is 109 Å². The van der Waals surface area contributed by atoms with E-state index in [9.17, 15) is 43.2 Å². The van der Waals surface area contributed by atoms with E-state index in [0.29, 0.717) is 32.1 Å². The van der Waals surface area contributed by atoms with Crippen molar-refractivity contribution in [2.75, 3.05) is 39.6 Å². The van der Waals surface area contributed by atoms with Crippen molar-refractivity contribution in [3.05, 3.63) is 109 Å². The molecule has 0 aliphatic rings. The Bertz CT molecular complexity index is 2320. The molecule has 0 aromatic carbocycles. The molecular weight excluding hydrogens is 1310 g/mol. The number of esters is 4. The Morgan fingerprint density at radius 1 is 0.290 bits per heavy atom. The van der Waals surface area contributed by atoms with Gasteiger partial charge in [0.05, 0.1) is 26.4 Å². The number of allylic oxidation sites excluding steroid dienone is 18. The van der Waals surface area contributed by atoms with Gasteiger partial charge in [0, 0.05) is 25.7 Å². The number of hydrogen-bond acceptors (Lipinski definition) is 15. The Morgan fingerprint density at radius 3 is 0.870 bits per heavy atom. The van der Waals surface area contributed by atoms with Gasteiger partial charge in [0.1, 0.15) is 19.3 Å². The van der Waals surface area contributed by atoms with Crippen LogP contribution >= 0.6 is 15.6 Å². The predicted octanol–water partition coefficient (Wildman–Crippen LogP) is 22.6. The maximum Gasteiger partial charge on any atom is 0.472 e. The highest BCUT2D eigenvalue weighted by atomic mass is 31.2. The summed E-state index contributed by atoms with van der Waals surface area (Å²) in [4.78, 5) is 72.8. The van der Waals surface area contributed by atoms with Crippen molar-refractivity contribution in [3.8, 4) is 0 Å². The second-order valence-corrected chi connectivity index (χ2v) is 28.8. The molecule has 19 heteroatoms. The fourth-order valence-corrected chi connectivity index (χ4v) is 11.8. The summed E-state index contributed by atoms with van der Waals surface area (Å²) in [6.07, 6.45) is 78.0. The van der Waals surface area contributed by atoms with Gasteiger partial charge in [-0.2, -0.15) is 0 Å². The van der Waals surface area contributed by atoms with E-state index in [-0.39, 0.29) is 25.7 Å².